The number of hydrogen-bond acceptors (Lipinski definition) is 5. The highest BCUT2D eigenvalue weighted by Crippen LogP contribution is 2.39. The molecule has 0 fully saturated rings. The Bertz CT molecular complexity index is 665. The van der Waals surface area contributed by atoms with E-state index in [1.54, 1.807) is 0 Å². The molecule has 0 saturated heterocycles. The lowest BCUT2D eigenvalue weighted by atomic mass is 9.76. The van der Waals surface area contributed by atoms with Crippen LogP contribution in [0.2, 0.25) is 0 Å². The lowest BCUT2D eigenvalue weighted by Crippen LogP contribution is -2.29. The molecule has 0 amide bonds. The van der Waals surface area contributed by atoms with Crippen LogP contribution in [0.4, 0.5) is 0 Å². The van der Waals surface area contributed by atoms with Gasteiger partial charge in [-0.25, -0.2) is 19.2 Å². The van der Waals surface area contributed by atoms with E-state index in [4.69, 9.17) is 14.9 Å². The summed E-state index contributed by atoms with van der Waals surface area (Å²) in [6, 6.07) is 0. The molecule has 0 bridgehead atoms. The lowest BCUT2D eigenvalue weighted by molar-refractivity contribution is -0.155. The zero-order valence-corrected chi connectivity index (χ0v) is 16.1. The molecule has 0 spiro atoms. The summed E-state index contributed by atoms with van der Waals surface area (Å²) in [5.41, 5.74) is 3.72. The number of aliphatic carboxylic acids is 2. The fourth-order valence-corrected chi connectivity index (χ4v) is 3.36. The third kappa shape index (κ3) is 5.91. The minimum absolute atomic E-state index is 0.428. The molecule has 2 unspecified atom stereocenters. The van der Waals surface area contributed by atoms with E-state index in [1.807, 2.05) is 13.8 Å². The van der Waals surface area contributed by atoms with Gasteiger partial charge in [-0.05, 0) is 37.5 Å². The Balaban J connectivity index is 0.000000387. The van der Waals surface area contributed by atoms with Gasteiger partial charge in [0.25, 0.3) is 0 Å². The molecule has 0 saturated carbocycles. The summed E-state index contributed by atoms with van der Waals surface area (Å²) in [5, 5.41) is 15.6. The van der Waals surface area contributed by atoms with Crippen molar-refractivity contribution in [1.29, 1.82) is 0 Å². The van der Waals surface area contributed by atoms with Crippen LogP contribution in [0.15, 0.2) is 34.4 Å². The molecule has 0 aliphatic heterocycles. The second-order valence-corrected chi connectivity index (χ2v) is 6.61. The second-order valence-electron chi connectivity index (χ2n) is 6.61. The molecule has 0 aromatic rings. The molecular weight excluding hydrogens is 352 g/mol. The van der Waals surface area contributed by atoms with Gasteiger partial charge in [0.1, 0.15) is 0 Å². The van der Waals surface area contributed by atoms with Crippen molar-refractivity contribution in [2.24, 2.45) is 11.8 Å². The third-order valence-electron chi connectivity index (χ3n) is 4.79. The average Bonchev–Trinajstić information content (AvgIpc) is 2.56. The number of carbonyl (C=O) groups excluding carboxylic acids is 2. The molecule has 2 rings (SSSR count). The van der Waals surface area contributed by atoms with E-state index in [0.717, 1.165) is 48.0 Å². The molecule has 27 heavy (non-hydrogen) atoms. The van der Waals surface area contributed by atoms with Crippen LogP contribution in [0.3, 0.4) is 0 Å². The fraction of sp³-hybridized carbons (Fsp3) is 0.500. The van der Waals surface area contributed by atoms with Gasteiger partial charge in [0.15, 0.2) is 0 Å². The van der Waals surface area contributed by atoms with Gasteiger partial charge >= 0.3 is 23.9 Å². The van der Waals surface area contributed by atoms with Crippen molar-refractivity contribution in [3.05, 3.63) is 34.4 Å². The first-order chi connectivity index (χ1) is 12.6. The van der Waals surface area contributed by atoms with Crippen molar-refractivity contribution in [1.82, 2.24) is 0 Å². The maximum absolute atomic E-state index is 11.9. The van der Waals surface area contributed by atoms with Gasteiger partial charge in [0.2, 0.25) is 0 Å². The van der Waals surface area contributed by atoms with E-state index >= 15 is 0 Å². The molecule has 7 nitrogen and oxygen atoms in total. The number of carboxylic acid groups (broad SMARTS) is 2. The molecule has 0 radical (unpaired) electrons. The summed E-state index contributed by atoms with van der Waals surface area (Å²) < 4.78 is 5.03. The summed E-state index contributed by atoms with van der Waals surface area (Å²) in [4.78, 5) is 43.0. The topological polar surface area (TPSA) is 118 Å². The first-order valence-corrected chi connectivity index (χ1v) is 8.96. The number of carbonyl (C=O) groups is 4. The predicted molar refractivity (Wildman–Crippen MR) is 97.7 cm³/mol. The van der Waals surface area contributed by atoms with Gasteiger partial charge in [-0.2, -0.15) is 0 Å². The van der Waals surface area contributed by atoms with Gasteiger partial charge in [-0.1, -0.05) is 38.8 Å². The number of ether oxygens (including phenoxy) is 1. The van der Waals surface area contributed by atoms with E-state index in [2.05, 4.69) is 13.8 Å². The molecule has 0 aromatic carbocycles. The summed E-state index contributed by atoms with van der Waals surface area (Å²) >= 11 is 0. The van der Waals surface area contributed by atoms with E-state index < -0.39 is 23.9 Å². The van der Waals surface area contributed by atoms with Crippen molar-refractivity contribution in [2.45, 2.75) is 53.4 Å². The van der Waals surface area contributed by atoms with Crippen LogP contribution >= 0.6 is 0 Å². The highest BCUT2D eigenvalue weighted by Gasteiger charge is 2.35. The number of rotatable bonds is 6. The van der Waals surface area contributed by atoms with Crippen LogP contribution in [-0.2, 0) is 23.9 Å². The SMILES string of the molecule is CCC1=C(C(=O)OC(=O)C2=C(CC)C(C)C2)CC1C.O=C(O)/C=C\C(=O)O. The molecular formula is C20H26O7. The minimum atomic E-state index is -1.26. The van der Waals surface area contributed by atoms with E-state index in [-0.39, 0.29) is 0 Å². The molecule has 7 heteroatoms. The van der Waals surface area contributed by atoms with Crippen molar-refractivity contribution in [3.63, 3.8) is 0 Å². The molecule has 2 aliphatic carbocycles. The van der Waals surface area contributed by atoms with Crippen LogP contribution in [0.5, 0.6) is 0 Å². The van der Waals surface area contributed by atoms with Gasteiger partial charge in [-0.3, -0.25) is 0 Å². The minimum Gasteiger partial charge on any atom is -0.478 e. The highest BCUT2D eigenvalue weighted by molar-refractivity contribution is 6.04. The molecule has 0 aromatic heterocycles. The third-order valence-corrected chi connectivity index (χ3v) is 4.79. The van der Waals surface area contributed by atoms with Gasteiger partial charge < -0.3 is 14.9 Å². The smallest absolute Gasteiger partial charge is 0.341 e. The number of hydrogen-bond donors (Lipinski definition) is 2. The number of carboxylic acids is 2. The van der Waals surface area contributed by atoms with E-state index in [0.29, 0.717) is 24.0 Å². The Morgan fingerprint density at radius 2 is 1.19 bits per heavy atom. The Morgan fingerprint density at radius 3 is 1.41 bits per heavy atom. The molecule has 2 N–H and O–H groups in total. The summed E-state index contributed by atoms with van der Waals surface area (Å²) in [5.74, 6) is -2.46. The van der Waals surface area contributed by atoms with Crippen LogP contribution < -0.4 is 0 Å². The Morgan fingerprint density at radius 1 is 0.852 bits per heavy atom. The molecule has 2 aliphatic rings. The highest BCUT2D eigenvalue weighted by atomic mass is 16.6. The van der Waals surface area contributed by atoms with Crippen molar-refractivity contribution >= 4 is 23.9 Å². The molecule has 0 heterocycles. The van der Waals surface area contributed by atoms with Crippen LogP contribution in [0.25, 0.3) is 0 Å². The van der Waals surface area contributed by atoms with Crippen LogP contribution in [0, 0.1) is 11.8 Å². The molecule has 2 atom stereocenters. The zero-order valence-electron chi connectivity index (χ0n) is 16.1. The molecule has 148 valence electrons. The van der Waals surface area contributed by atoms with Crippen LogP contribution in [-0.4, -0.2) is 34.1 Å². The summed E-state index contributed by atoms with van der Waals surface area (Å²) in [6.07, 6.45) is 4.32. The van der Waals surface area contributed by atoms with E-state index in [9.17, 15) is 19.2 Å². The predicted octanol–water partition coefficient (Wildman–Crippen LogP) is 3.26. The largest absolute Gasteiger partial charge is 0.478 e. The van der Waals surface area contributed by atoms with E-state index in [1.165, 1.54) is 0 Å². The summed E-state index contributed by atoms with van der Waals surface area (Å²) in [7, 11) is 0. The first-order valence-electron chi connectivity index (χ1n) is 8.96. The van der Waals surface area contributed by atoms with Gasteiger partial charge in [0.05, 0.1) is 0 Å². The number of allylic oxidation sites excluding steroid dienone is 2. The lowest BCUT2D eigenvalue weighted by Gasteiger charge is -2.31. The van der Waals surface area contributed by atoms with Crippen molar-refractivity contribution < 1.29 is 34.1 Å². The Hall–Kier alpha value is -2.70. The zero-order chi connectivity index (χ0) is 20.7. The Labute approximate surface area is 158 Å². The maximum atomic E-state index is 11.9. The normalized spacial score (nSPS) is 21.0. The first kappa shape index (κ1) is 22.3. The van der Waals surface area contributed by atoms with Crippen LogP contribution in [0.1, 0.15) is 53.4 Å². The quantitative estimate of drug-likeness (QED) is 0.414. The monoisotopic (exact) mass is 378 g/mol. The summed E-state index contributed by atoms with van der Waals surface area (Å²) in [6.45, 7) is 8.27. The van der Waals surface area contributed by atoms with Gasteiger partial charge in [-0.15, -0.1) is 0 Å². The standard InChI is InChI=1S/C16H22O3.C4H4O4/c1-5-11-9(3)7-13(11)15(17)19-16(18)14-8-10(4)12(14)6-2;5-3(6)1-2-4(7)8/h9-10H,5-8H2,1-4H3;1-2H,(H,5,6)(H,7,8)/b;2-1-. The van der Waals surface area contributed by atoms with Crippen molar-refractivity contribution in [2.75, 3.05) is 0 Å². The van der Waals surface area contributed by atoms with Crippen molar-refractivity contribution in [3.8, 4) is 0 Å². The second kappa shape index (κ2) is 9.85. The number of esters is 2. The fourth-order valence-electron chi connectivity index (χ4n) is 3.36. The van der Waals surface area contributed by atoms with Gasteiger partial charge in [0, 0.05) is 23.3 Å². The maximum Gasteiger partial charge on any atom is 0.341 e. The Kier molecular flexibility index (Phi) is 8.15. The average molecular weight is 378 g/mol.